The molecule has 0 aliphatic carbocycles. The Morgan fingerprint density at radius 2 is 1.21 bits per heavy atom. The van der Waals surface area contributed by atoms with Crippen molar-refractivity contribution in [3.8, 4) is 5.75 Å². The Morgan fingerprint density at radius 3 is 1.67 bits per heavy atom. The highest BCUT2D eigenvalue weighted by Crippen LogP contribution is 2.12. The molecule has 0 fully saturated rings. The number of carbonyl (C=O) groups is 5. The molecule has 0 saturated carbocycles. The Bertz CT molecular complexity index is 1160. The van der Waals surface area contributed by atoms with Crippen LogP contribution in [0.5, 0.6) is 5.75 Å². The monoisotopic (exact) mass is 544 g/mol. The summed E-state index contributed by atoms with van der Waals surface area (Å²) in [6.07, 6.45) is -2.27. The summed E-state index contributed by atoms with van der Waals surface area (Å²) in [4.78, 5) is 61.6. The second-order valence-corrected chi connectivity index (χ2v) is 8.95. The normalized spacial score (nSPS) is 14.6. The van der Waals surface area contributed by atoms with Crippen molar-refractivity contribution < 1.29 is 44.4 Å². The van der Waals surface area contributed by atoms with Crippen LogP contribution in [0.1, 0.15) is 24.5 Å². The number of nitrogens with one attached hydrogen (secondary N) is 3. The number of carboxylic acid groups (broad SMARTS) is 2. The van der Waals surface area contributed by atoms with Crippen LogP contribution in [-0.2, 0) is 36.8 Å². The van der Waals surface area contributed by atoms with Crippen LogP contribution >= 0.6 is 0 Å². The molecule has 0 radical (unpaired) electrons. The summed E-state index contributed by atoms with van der Waals surface area (Å²) < 4.78 is 0. The second kappa shape index (κ2) is 14.4. The van der Waals surface area contributed by atoms with E-state index in [1.807, 2.05) is 0 Å². The van der Waals surface area contributed by atoms with E-state index in [0.717, 1.165) is 0 Å². The van der Waals surface area contributed by atoms with Crippen molar-refractivity contribution in [2.24, 2.45) is 5.73 Å². The Balaban J connectivity index is 2.33. The summed E-state index contributed by atoms with van der Waals surface area (Å²) in [7, 11) is 0. The van der Waals surface area contributed by atoms with Crippen molar-refractivity contribution in [3.63, 3.8) is 0 Å². The van der Waals surface area contributed by atoms with Gasteiger partial charge in [0.2, 0.25) is 17.7 Å². The average Bonchev–Trinajstić information content (AvgIpc) is 2.88. The quantitative estimate of drug-likeness (QED) is 0.143. The number of phenols is 1. The van der Waals surface area contributed by atoms with Crippen LogP contribution in [0, 0.1) is 0 Å². The number of aliphatic hydroxyl groups is 1. The maximum atomic E-state index is 13.4. The van der Waals surface area contributed by atoms with Gasteiger partial charge in [-0.2, -0.15) is 0 Å². The van der Waals surface area contributed by atoms with E-state index >= 15 is 0 Å². The zero-order valence-corrected chi connectivity index (χ0v) is 21.1. The molecule has 13 nitrogen and oxygen atoms in total. The number of carboxylic acids is 2. The summed E-state index contributed by atoms with van der Waals surface area (Å²) >= 11 is 0. The van der Waals surface area contributed by atoms with E-state index in [1.165, 1.54) is 31.2 Å². The maximum Gasteiger partial charge on any atom is 0.326 e. The van der Waals surface area contributed by atoms with Gasteiger partial charge in [0.1, 0.15) is 29.9 Å². The summed E-state index contributed by atoms with van der Waals surface area (Å²) in [5.74, 6) is -5.68. The first-order valence-corrected chi connectivity index (χ1v) is 12.0. The van der Waals surface area contributed by atoms with Crippen LogP contribution in [0.15, 0.2) is 54.6 Å². The first-order valence-electron chi connectivity index (χ1n) is 12.0. The average molecular weight is 545 g/mol. The Hall–Kier alpha value is -4.49. The van der Waals surface area contributed by atoms with Crippen molar-refractivity contribution >= 4 is 29.7 Å². The second-order valence-electron chi connectivity index (χ2n) is 8.95. The van der Waals surface area contributed by atoms with E-state index in [-0.39, 0.29) is 18.6 Å². The molecule has 0 saturated heterocycles. The first kappa shape index (κ1) is 30.7. The predicted octanol–water partition coefficient (Wildman–Crippen LogP) is -1.10. The van der Waals surface area contributed by atoms with Crippen molar-refractivity contribution in [3.05, 3.63) is 65.7 Å². The molecule has 0 heterocycles. The first-order chi connectivity index (χ1) is 18.4. The molecule has 0 aliphatic rings. The number of phenolic OH excluding ortho intramolecular Hbond substituents is 1. The maximum absolute atomic E-state index is 13.4. The summed E-state index contributed by atoms with van der Waals surface area (Å²) in [5.41, 5.74) is 6.85. The minimum atomic E-state index is -1.77. The van der Waals surface area contributed by atoms with Gasteiger partial charge in [-0.3, -0.25) is 19.2 Å². The van der Waals surface area contributed by atoms with Crippen molar-refractivity contribution in [1.29, 1.82) is 0 Å². The van der Waals surface area contributed by atoms with Crippen LogP contribution in [0.2, 0.25) is 0 Å². The highest BCUT2D eigenvalue weighted by Gasteiger charge is 2.32. The van der Waals surface area contributed by atoms with Gasteiger partial charge in [0.25, 0.3) is 0 Å². The number of hydrogen-bond donors (Lipinski definition) is 8. The third-order valence-electron chi connectivity index (χ3n) is 5.74. The van der Waals surface area contributed by atoms with E-state index in [1.54, 1.807) is 30.3 Å². The molecule has 39 heavy (non-hydrogen) atoms. The number of benzene rings is 2. The number of nitrogens with two attached hydrogens (primary N) is 1. The third kappa shape index (κ3) is 10.1. The molecule has 0 aromatic heterocycles. The van der Waals surface area contributed by atoms with Gasteiger partial charge < -0.3 is 42.1 Å². The molecule has 13 heteroatoms. The minimum absolute atomic E-state index is 0.00471. The standard InChI is InChI=1S/C26H32N4O9/c1-14(31)22(27)25(37)29-19(11-15-5-3-2-4-6-15)23(35)28-18(12-16-7-9-17(32)10-8-16)24(36)30-20(26(38)39)13-21(33)34/h2-10,14,18-20,22,31-32H,11-13,27H2,1H3,(H,28,35)(H,29,37)(H,30,36)(H,33,34)(H,38,39). The van der Waals surface area contributed by atoms with Gasteiger partial charge in [0, 0.05) is 12.8 Å². The largest absolute Gasteiger partial charge is 0.508 e. The summed E-state index contributed by atoms with van der Waals surface area (Å²) in [6, 6.07) is 8.58. The lowest BCUT2D eigenvalue weighted by Crippen LogP contribution is -2.59. The molecular weight excluding hydrogens is 512 g/mol. The van der Waals surface area contributed by atoms with Crippen molar-refractivity contribution in [2.75, 3.05) is 0 Å². The number of carbonyl (C=O) groups excluding carboxylic acids is 3. The molecule has 2 rings (SSSR count). The molecule has 0 bridgehead atoms. The highest BCUT2D eigenvalue weighted by atomic mass is 16.4. The zero-order valence-electron chi connectivity index (χ0n) is 21.1. The van der Waals surface area contributed by atoms with Crippen molar-refractivity contribution in [2.45, 2.75) is 56.5 Å². The number of aliphatic hydroxyl groups excluding tert-OH is 1. The molecule has 2 aromatic rings. The van der Waals surface area contributed by atoms with Crippen molar-refractivity contribution in [1.82, 2.24) is 16.0 Å². The number of aliphatic carboxylic acids is 2. The lowest BCUT2D eigenvalue weighted by atomic mass is 10.0. The van der Waals surface area contributed by atoms with Gasteiger partial charge in [-0.15, -0.1) is 0 Å². The predicted molar refractivity (Wildman–Crippen MR) is 137 cm³/mol. The van der Waals surface area contributed by atoms with E-state index < -0.39 is 66.4 Å². The third-order valence-corrected chi connectivity index (χ3v) is 5.74. The molecule has 0 spiro atoms. The molecular formula is C26H32N4O9. The van der Waals surface area contributed by atoms with Gasteiger partial charge in [-0.05, 0) is 30.2 Å². The van der Waals surface area contributed by atoms with E-state index in [0.29, 0.717) is 11.1 Å². The number of rotatable bonds is 14. The molecule has 2 aromatic carbocycles. The molecule has 9 N–H and O–H groups in total. The number of amides is 3. The Morgan fingerprint density at radius 1 is 0.744 bits per heavy atom. The zero-order chi connectivity index (χ0) is 29.1. The van der Waals surface area contributed by atoms with Crippen LogP contribution in [0.4, 0.5) is 0 Å². The fourth-order valence-electron chi connectivity index (χ4n) is 3.54. The van der Waals surface area contributed by atoms with Gasteiger partial charge in [0.15, 0.2) is 0 Å². The van der Waals surface area contributed by atoms with Gasteiger partial charge in [-0.25, -0.2) is 4.79 Å². The molecule has 3 amide bonds. The molecule has 5 atom stereocenters. The fourth-order valence-corrected chi connectivity index (χ4v) is 3.54. The van der Waals surface area contributed by atoms with Crippen LogP contribution in [-0.4, -0.2) is 80.4 Å². The summed E-state index contributed by atoms with van der Waals surface area (Å²) in [5, 5.41) is 44.7. The molecule has 210 valence electrons. The number of aromatic hydroxyl groups is 1. The van der Waals surface area contributed by atoms with Crippen LogP contribution < -0.4 is 21.7 Å². The highest BCUT2D eigenvalue weighted by molar-refractivity contribution is 5.95. The van der Waals surface area contributed by atoms with Crippen LogP contribution in [0.25, 0.3) is 0 Å². The van der Waals surface area contributed by atoms with Gasteiger partial charge >= 0.3 is 11.9 Å². The SMILES string of the molecule is CC(O)C(N)C(=O)NC(Cc1ccccc1)C(=O)NC(Cc1ccc(O)cc1)C(=O)NC(CC(=O)O)C(=O)O. The van der Waals surface area contributed by atoms with Gasteiger partial charge in [-0.1, -0.05) is 42.5 Å². The van der Waals surface area contributed by atoms with E-state index in [2.05, 4.69) is 16.0 Å². The fraction of sp³-hybridized carbons (Fsp3) is 0.346. The Labute approximate surface area is 224 Å². The minimum Gasteiger partial charge on any atom is -0.508 e. The summed E-state index contributed by atoms with van der Waals surface area (Å²) in [6.45, 7) is 1.31. The number of hydrogen-bond acceptors (Lipinski definition) is 8. The lowest BCUT2D eigenvalue weighted by Gasteiger charge is -2.25. The topological polar surface area (TPSA) is 228 Å². The molecule has 5 unspecified atom stereocenters. The Kier molecular flexibility index (Phi) is 11.4. The molecule has 0 aliphatic heterocycles. The lowest BCUT2D eigenvalue weighted by molar-refractivity contribution is -0.147. The smallest absolute Gasteiger partial charge is 0.326 e. The van der Waals surface area contributed by atoms with Gasteiger partial charge in [0.05, 0.1) is 12.5 Å². The van der Waals surface area contributed by atoms with E-state index in [4.69, 9.17) is 10.8 Å². The van der Waals surface area contributed by atoms with Crippen LogP contribution in [0.3, 0.4) is 0 Å². The van der Waals surface area contributed by atoms with E-state index in [9.17, 15) is 39.3 Å².